The normalized spacial score (nSPS) is 18.0. The van der Waals surface area contributed by atoms with Crippen LogP contribution in [0.1, 0.15) is 22.9 Å². The van der Waals surface area contributed by atoms with Gasteiger partial charge in [0, 0.05) is 23.8 Å². The predicted molar refractivity (Wildman–Crippen MR) is 106 cm³/mol. The second kappa shape index (κ2) is 7.28. The Hall–Kier alpha value is -4.27. The highest BCUT2D eigenvalue weighted by atomic mass is 16.6. The molecule has 1 fully saturated rings. The van der Waals surface area contributed by atoms with Crippen LogP contribution in [-0.2, 0) is 9.59 Å². The van der Waals surface area contributed by atoms with E-state index in [0.717, 1.165) is 4.90 Å². The summed E-state index contributed by atoms with van der Waals surface area (Å²) in [5.41, 5.74) is 0.213. The van der Waals surface area contributed by atoms with Gasteiger partial charge >= 0.3 is 5.91 Å². The Kier molecular flexibility index (Phi) is 4.63. The van der Waals surface area contributed by atoms with Crippen LogP contribution in [0.15, 0.2) is 70.8 Å². The average Bonchev–Trinajstić information content (AvgIpc) is 3.29. The lowest BCUT2D eigenvalue weighted by atomic mass is 9.95. The number of carbonyl (C=O) groups excluding carboxylic acids is 2. The molecule has 1 aliphatic rings. The fraction of sp³-hybridized carbons (Fsp3) is 0.0952. The van der Waals surface area contributed by atoms with E-state index < -0.39 is 22.7 Å². The van der Waals surface area contributed by atoms with Crippen LogP contribution in [0, 0.1) is 17.0 Å². The van der Waals surface area contributed by atoms with E-state index in [1.807, 2.05) is 0 Å². The van der Waals surface area contributed by atoms with E-state index in [4.69, 9.17) is 4.52 Å². The molecular formula is C21H15N3O6. The van der Waals surface area contributed by atoms with Crippen LogP contribution in [0.4, 0.5) is 11.5 Å². The number of nitro groups is 1. The molecule has 2 aromatic carbocycles. The SMILES string of the molecule is Cc1cc(N2C(=O)C(=O)/C(=C(/O)c3ccccc3)[C@@H]2c2cccc([N+](=O)[O-])c2)no1. The number of Topliss-reactive ketones (excluding diaryl/α,β-unsaturated/α-hetero) is 1. The van der Waals surface area contributed by atoms with Crippen LogP contribution >= 0.6 is 0 Å². The van der Waals surface area contributed by atoms with E-state index in [2.05, 4.69) is 5.16 Å². The number of nitro benzene ring substituents is 1. The topological polar surface area (TPSA) is 127 Å². The van der Waals surface area contributed by atoms with Gasteiger partial charge in [-0.05, 0) is 12.5 Å². The number of rotatable bonds is 4. The number of nitrogens with zero attached hydrogens (tertiary/aromatic N) is 3. The van der Waals surface area contributed by atoms with Gasteiger partial charge in [-0.3, -0.25) is 24.6 Å². The van der Waals surface area contributed by atoms with Crippen molar-refractivity contribution in [3.8, 4) is 0 Å². The molecule has 1 N–H and O–H groups in total. The number of benzene rings is 2. The lowest BCUT2D eigenvalue weighted by Gasteiger charge is -2.22. The predicted octanol–water partition coefficient (Wildman–Crippen LogP) is 3.52. The summed E-state index contributed by atoms with van der Waals surface area (Å²) in [5, 5.41) is 26.0. The molecule has 3 aromatic rings. The first-order valence-corrected chi connectivity index (χ1v) is 8.92. The maximum absolute atomic E-state index is 12.9. The Bertz CT molecular complexity index is 1200. The molecule has 0 spiro atoms. The molecular weight excluding hydrogens is 390 g/mol. The zero-order valence-corrected chi connectivity index (χ0v) is 15.7. The molecule has 0 saturated carbocycles. The molecule has 2 heterocycles. The monoisotopic (exact) mass is 405 g/mol. The number of aryl methyl sites for hydroxylation is 1. The summed E-state index contributed by atoms with van der Waals surface area (Å²) < 4.78 is 5.05. The van der Waals surface area contributed by atoms with Crippen molar-refractivity contribution < 1.29 is 24.1 Å². The van der Waals surface area contributed by atoms with Gasteiger partial charge in [0.15, 0.2) is 5.82 Å². The summed E-state index contributed by atoms with van der Waals surface area (Å²) in [7, 11) is 0. The lowest BCUT2D eigenvalue weighted by Crippen LogP contribution is -2.29. The number of aliphatic hydroxyl groups is 1. The van der Waals surface area contributed by atoms with Gasteiger partial charge in [-0.15, -0.1) is 0 Å². The smallest absolute Gasteiger partial charge is 0.301 e. The van der Waals surface area contributed by atoms with Gasteiger partial charge in [-0.25, -0.2) is 0 Å². The van der Waals surface area contributed by atoms with Crippen molar-refractivity contribution in [2.75, 3.05) is 4.90 Å². The van der Waals surface area contributed by atoms with E-state index >= 15 is 0 Å². The Morgan fingerprint density at radius 1 is 1.13 bits per heavy atom. The second-order valence-corrected chi connectivity index (χ2v) is 6.68. The number of ketones is 1. The van der Waals surface area contributed by atoms with Crippen molar-refractivity contribution in [1.29, 1.82) is 0 Å². The van der Waals surface area contributed by atoms with Crippen molar-refractivity contribution in [1.82, 2.24) is 5.16 Å². The molecule has 0 radical (unpaired) electrons. The quantitative estimate of drug-likeness (QED) is 0.231. The highest BCUT2D eigenvalue weighted by molar-refractivity contribution is 6.51. The van der Waals surface area contributed by atoms with Crippen LogP contribution in [-0.4, -0.2) is 26.9 Å². The van der Waals surface area contributed by atoms with Crippen molar-refractivity contribution in [3.63, 3.8) is 0 Å². The number of carbonyl (C=O) groups is 2. The molecule has 150 valence electrons. The minimum Gasteiger partial charge on any atom is -0.507 e. The van der Waals surface area contributed by atoms with Crippen molar-refractivity contribution >= 4 is 29.0 Å². The van der Waals surface area contributed by atoms with Gasteiger partial charge in [-0.2, -0.15) is 0 Å². The Labute approximate surface area is 170 Å². The molecule has 0 unspecified atom stereocenters. The van der Waals surface area contributed by atoms with E-state index in [1.54, 1.807) is 43.3 Å². The molecule has 1 amide bonds. The van der Waals surface area contributed by atoms with E-state index in [9.17, 15) is 24.8 Å². The number of anilines is 1. The molecule has 1 saturated heterocycles. The molecule has 1 aromatic heterocycles. The van der Waals surface area contributed by atoms with Gasteiger partial charge in [0.1, 0.15) is 11.5 Å². The van der Waals surface area contributed by atoms with E-state index in [0.29, 0.717) is 11.3 Å². The first kappa shape index (κ1) is 19.1. The van der Waals surface area contributed by atoms with Crippen molar-refractivity contribution in [2.24, 2.45) is 0 Å². The summed E-state index contributed by atoms with van der Waals surface area (Å²) in [6.07, 6.45) is 0. The van der Waals surface area contributed by atoms with Gasteiger partial charge in [0.25, 0.3) is 11.5 Å². The largest absolute Gasteiger partial charge is 0.507 e. The summed E-state index contributed by atoms with van der Waals surface area (Å²) in [5.74, 6) is -1.75. The third-order valence-electron chi connectivity index (χ3n) is 4.75. The Morgan fingerprint density at radius 3 is 2.50 bits per heavy atom. The van der Waals surface area contributed by atoms with Crippen molar-refractivity contribution in [2.45, 2.75) is 13.0 Å². The Morgan fingerprint density at radius 2 is 1.87 bits per heavy atom. The number of hydrogen-bond acceptors (Lipinski definition) is 7. The molecule has 0 aliphatic carbocycles. The zero-order valence-electron chi connectivity index (χ0n) is 15.7. The maximum atomic E-state index is 12.9. The molecule has 9 heteroatoms. The number of aliphatic hydroxyl groups excluding tert-OH is 1. The summed E-state index contributed by atoms with van der Waals surface area (Å²) in [6.45, 7) is 1.62. The summed E-state index contributed by atoms with van der Waals surface area (Å²) in [6, 6.07) is 14.2. The minimum absolute atomic E-state index is 0.0678. The average molecular weight is 405 g/mol. The van der Waals surface area contributed by atoms with Gasteiger partial charge in [0.2, 0.25) is 0 Å². The summed E-state index contributed by atoms with van der Waals surface area (Å²) >= 11 is 0. The fourth-order valence-corrected chi connectivity index (χ4v) is 3.41. The van der Waals surface area contributed by atoms with Gasteiger partial charge < -0.3 is 9.63 Å². The van der Waals surface area contributed by atoms with Gasteiger partial charge in [0.05, 0.1) is 16.5 Å². The highest BCUT2D eigenvalue weighted by Crippen LogP contribution is 2.42. The zero-order chi connectivity index (χ0) is 21.4. The van der Waals surface area contributed by atoms with Gasteiger partial charge in [-0.1, -0.05) is 47.6 Å². The van der Waals surface area contributed by atoms with Crippen LogP contribution in [0.5, 0.6) is 0 Å². The number of non-ortho nitro benzene ring substituents is 1. The fourth-order valence-electron chi connectivity index (χ4n) is 3.41. The molecule has 0 bridgehead atoms. The number of hydrogen-bond donors (Lipinski definition) is 1. The third kappa shape index (κ3) is 3.12. The maximum Gasteiger partial charge on any atom is 0.301 e. The summed E-state index contributed by atoms with van der Waals surface area (Å²) in [4.78, 5) is 37.5. The first-order valence-electron chi connectivity index (χ1n) is 8.92. The van der Waals surface area contributed by atoms with E-state index in [1.165, 1.54) is 24.3 Å². The van der Waals surface area contributed by atoms with E-state index in [-0.39, 0.29) is 28.4 Å². The highest BCUT2D eigenvalue weighted by Gasteiger charge is 2.48. The van der Waals surface area contributed by atoms with Crippen molar-refractivity contribution in [3.05, 3.63) is 93.2 Å². The molecule has 30 heavy (non-hydrogen) atoms. The van der Waals surface area contributed by atoms with Crippen LogP contribution in [0.3, 0.4) is 0 Å². The van der Waals surface area contributed by atoms with Crippen LogP contribution in [0.25, 0.3) is 5.76 Å². The molecule has 1 aliphatic heterocycles. The second-order valence-electron chi connectivity index (χ2n) is 6.68. The first-order chi connectivity index (χ1) is 14.4. The number of amides is 1. The van der Waals surface area contributed by atoms with Crippen LogP contribution < -0.4 is 4.90 Å². The minimum atomic E-state index is -1.12. The number of aromatic nitrogens is 1. The molecule has 1 atom stereocenters. The van der Waals surface area contributed by atoms with Crippen LogP contribution in [0.2, 0.25) is 0 Å². The Balaban J connectivity index is 1.97. The molecule has 9 nitrogen and oxygen atoms in total. The lowest BCUT2D eigenvalue weighted by molar-refractivity contribution is -0.384. The standard InChI is InChI=1S/C21H15N3O6/c1-12-10-16(22-30-12)23-18(14-8-5-9-15(11-14)24(28)29)17(20(26)21(23)27)19(25)13-6-3-2-4-7-13/h2-11,18,25H,1H3/b19-17+/t18-/m0/s1. The molecule has 4 rings (SSSR count). The third-order valence-corrected chi connectivity index (χ3v) is 4.75.